The largest absolute Gasteiger partial charge is 0.481 e. The van der Waals surface area contributed by atoms with Crippen LogP contribution in [0.4, 0.5) is 9.59 Å². The van der Waals surface area contributed by atoms with Gasteiger partial charge in [-0.1, -0.05) is 47.6 Å². The van der Waals surface area contributed by atoms with E-state index in [1.54, 1.807) is 47.6 Å². The Hall–Kier alpha value is -4.86. The Morgan fingerprint density at radius 2 is 1.02 bits per heavy atom. The summed E-state index contributed by atoms with van der Waals surface area (Å²) in [4.78, 5) is 114. The van der Waals surface area contributed by atoms with Crippen molar-refractivity contribution in [3.05, 3.63) is 12.7 Å². The van der Waals surface area contributed by atoms with Crippen LogP contribution in [0.3, 0.4) is 0 Å². The van der Waals surface area contributed by atoms with Gasteiger partial charge in [0.05, 0.1) is 35.8 Å². The van der Waals surface area contributed by atoms with E-state index in [9.17, 15) is 58.2 Å². The summed E-state index contributed by atoms with van der Waals surface area (Å²) in [5.41, 5.74) is 9.90. The molecule has 0 fully saturated rings. The second-order valence-electron chi connectivity index (χ2n) is 15.9. The predicted molar refractivity (Wildman–Crippen MR) is 247 cm³/mol. The van der Waals surface area contributed by atoms with Gasteiger partial charge in [-0.15, -0.1) is 6.58 Å². The van der Waals surface area contributed by atoms with E-state index in [0.717, 1.165) is 12.2 Å². The van der Waals surface area contributed by atoms with E-state index in [1.807, 2.05) is 0 Å². The highest BCUT2D eigenvalue weighted by molar-refractivity contribution is 7.99. The van der Waals surface area contributed by atoms with Crippen LogP contribution in [-0.2, 0) is 38.4 Å². The summed E-state index contributed by atoms with van der Waals surface area (Å²) in [5, 5.41) is 45.8. The van der Waals surface area contributed by atoms with Crippen molar-refractivity contribution in [2.24, 2.45) is 47.0 Å². The lowest BCUT2D eigenvalue weighted by Crippen LogP contribution is -2.45. The average molecular weight is 951 g/mol. The zero-order valence-corrected chi connectivity index (χ0v) is 39.8. The number of carbonyl (C=O) groups excluding carboxylic acids is 6. The summed E-state index contributed by atoms with van der Waals surface area (Å²) >= 11 is 5.31. The van der Waals surface area contributed by atoms with Crippen LogP contribution in [0.2, 0.25) is 0 Å². The first-order chi connectivity index (χ1) is 29.8. The van der Waals surface area contributed by atoms with Gasteiger partial charge < -0.3 is 53.2 Å². The van der Waals surface area contributed by atoms with Gasteiger partial charge in [-0.25, -0.2) is 9.59 Å². The smallest absolute Gasteiger partial charge is 0.312 e. The van der Waals surface area contributed by atoms with Crippen LogP contribution >= 0.6 is 24.4 Å². The molecule has 64 heavy (non-hydrogen) atoms. The molecule has 22 heteroatoms. The number of carboxylic acids is 4. The molecular weight excluding hydrogens is 877 g/mol. The third-order valence-electron chi connectivity index (χ3n) is 9.31. The minimum absolute atomic E-state index is 0.147. The number of hydrogen-bond donors (Lipinski definition) is 11. The molecule has 0 bridgehead atoms. The highest BCUT2D eigenvalue weighted by Gasteiger charge is 2.30. The van der Waals surface area contributed by atoms with Crippen molar-refractivity contribution in [2.45, 2.75) is 124 Å². The van der Waals surface area contributed by atoms with Crippen molar-refractivity contribution in [2.75, 3.05) is 30.3 Å². The number of primary amides is 2. The number of Topliss-reactive ketones (excluding diaryl/α,β-unsaturated/α-hetero) is 2. The molecular formula is C42H74N6O14S2. The van der Waals surface area contributed by atoms with Gasteiger partial charge in [0.25, 0.3) is 0 Å². The highest BCUT2D eigenvalue weighted by Crippen LogP contribution is 2.18. The maximum absolute atomic E-state index is 12.7. The number of nitrogens with two attached hydrogens (primary N) is 2. The number of unbranched alkanes of at least 4 members (excludes halogenated alkanes) is 1. The molecule has 0 spiro atoms. The Labute approximate surface area is 386 Å². The zero-order valence-electron chi connectivity index (χ0n) is 38.1. The van der Waals surface area contributed by atoms with E-state index in [4.69, 9.17) is 21.7 Å². The molecule has 12 N–H and O–H groups in total. The van der Waals surface area contributed by atoms with Gasteiger partial charge in [-0.05, 0) is 62.5 Å². The molecule has 6 amide bonds. The van der Waals surface area contributed by atoms with Crippen LogP contribution in [0, 0.1) is 35.5 Å². The fourth-order valence-corrected chi connectivity index (χ4v) is 6.57. The topological polar surface area (TPSA) is 352 Å². The van der Waals surface area contributed by atoms with Crippen molar-refractivity contribution >= 4 is 83.7 Å². The molecule has 20 nitrogen and oxygen atoms in total. The minimum atomic E-state index is -1.10. The standard InChI is InChI=1S/C21H37N3O7S.C17H29N3O5.C4H8O2S/c1-13(2)18(16(25)11-15(20(29)30)7-6-9-23-21(22)31)24-17(26)8-4-5-10-32-12-14(3)19(27)28;1-4-5-8-14(22)20-15(11(2)3)13(21)10-12(16(23)24)7-6-9-19-17(18)25;1-3(2-7)4(5)6/h13-15,18H,4-12H2,1-3H3,(H,24,26)(H,27,28)(H,29,30)(H3,22,23,31);4,11-12,15H,1,5-10H2,2-3H3,(H,20,22)(H,23,24)(H3,18,19,25);3,7H,2H2,1H3,(H,5,6)/t14-,15+,18-;12-,15+;3-/m010/s1. The summed E-state index contributed by atoms with van der Waals surface area (Å²) in [5.74, 6) is -6.09. The lowest BCUT2D eigenvalue weighted by molar-refractivity contribution is -0.145. The normalized spacial score (nSPS) is 13.4. The summed E-state index contributed by atoms with van der Waals surface area (Å²) in [6.07, 6.45) is 4.81. The molecule has 0 aromatic heterocycles. The van der Waals surface area contributed by atoms with Crippen LogP contribution in [0.5, 0.6) is 0 Å². The summed E-state index contributed by atoms with van der Waals surface area (Å²) in [7, 11) is 0. The van der Waals surface area contributed by atoms with E-state index >= 15 is 0 Å². The third kappa shape index (κ3) is 34.6. The van der Waals surface area contributed by atoms with E-state index < -0.39 is 65.8 Å². The number of hydrogen-bond acceptors (Lipinski definition) is 12. The van der Waals surface area contributed by atoms with Gasteiger partial charge >= 0.3 is 35.9 Å². The molecule has 0 aliphatic carbocycles. The van der Waals surface area contributed by atoms with Crippen LogP contribution < -0.4 is 32.7 Å². The molecule has 0 saturated heterocycles. The fraction of sp³-hybridized carbons (Fsp3) is 0.714. The van der Waals surface area contributed by atoms with Gasteiger partial charge in [-0.3, -0.25) is 38.4 Å². The first kappa shape index (κ1) is 63.4. The Kier molecular flexibility index (Phi) is 37.2. The molecule has 0 saturated carbocycles. The average Bonchev–Trinajstić information content (AvgIpc) is 3.20. The molecule has 0 aliphatic rings. The number of thiol groups is 1. The van der Waals surface area contributed by atoms with Crippen molar-refractivity contribution in [3.8, 4) is 0 Å². The quantitative estimate of drug-likeness (QED) is 0.0254. The van der Waals surface area contributed by atoms with Crippen LogP contribution in [-0.4, -0.2) is 122 Å². The Balaban J connectivity index is -0.00000103. The Bertz CT molecular complexity index is 1500. The Morgan fingerprint density at radius 1 is 0.609 bits per heavy atom. The second-order valence-corrected chi connectivity index (χ2v) is 17.4. The number of urea groups is 2. The fourth-order valence-electron chi connectivity index (χ4n) is 5.35. The highest BCUT2D eigenvalue weighted by atomic mass is 32.2. The number of carbonyl (C=O) groups is 10. The molecule has 0 rings (SSSR count). The molecule has 0 aromatic rings. The number of carboxylic acid groups (broad SMARTS) is 4. The molecule has 368 valence electrons. The number of allylic oxidation sites excluding steroid dienone is 1. The molecule has 0 radical (unpaired) electrons. The van der Waals surface area contributed by atoms with Crippen LogP contribution in [0.25, 0.3) is 0 Å². The maximum atomic E-state index is 12.7. The van der Waals surface area contributed by atoms with Crippen LogP contribution in [0.15, 0.2) is 12.7 Å². The van der Waals surface area contributed by atoms with E-state index in [1.165, 1.54) is 11.8 Å². The molecule has 0 aromatic carbocycles. The zero-order chi connectivity index (χ0) is 49.9. The molecule has 6 atom stereocenters. The van der Waals surface area contributed by atoms with Gasteiger partial charge in [0.2, 0.25) is 11.8 Å². The monoisotopic (exact) mass is 950 g/mol. The second kappa shape index (κ2) is 37.5. The number of rotatable bonds is 33. The first-order valence-electron chi connectivity index (χ1n) is 21.2. The third-order valence-corrected chi connectivity index (χ3v) is 11.2. The lowest BCUT2D eigenvalue weighted by Gasteiger charge is -2.23. The molecule has 0 aliphatic heterocycles. The number of aliphatic carboxylic acids is 4. The lowest BCUT2D eigenvalue weighted by atomic mass is 9.90. The summed E-state index contributed by atoms with van der Waals surface area (Å²) in [6.45, 7) is 14.5. The van der Waals surface area contributed by atoms with Crippen molar-refractivity contribution in [3.63, 3.8) is 0 Å². The number of ketones is 2. The van der Waals surface area contributed by atoms with E-state index in [0.29, 0.717) is 37.2 Å². The number of thioether (sulfide) groups is 1. The van der Waals surface area contributed by atoms with E-state index in [-0.39, 0.29) is 92.7 Å². The Morgan fingerprint density at radius 3 is 1.33 bits per heavy atom. The van der Waals surface area contributed by atoms with Crippen molar-refractivity contribution < 1.29 is 68.4 Å². The minimum Gasteiger partial charge on any atom is -0.481 e. The van der Waals surface area contributed by atoms with Crippen molar-refractivity contribution in [1.29, 1.82) is 0 Å². The number of nitrogens with one attached hydrogen (secondary N) is 4. The van der Waals surface area contributed by atoms with Gasteiger partial charge in [0.1, 0.15) is 0 Å². The summed E-state index contributed by atoms with van der Waals surface area (Å²) in [6, 6.07) is -2.85. The van der Waals surface area contributed by atoms with Crippen LogP contribution in [0.1, 0.15) is 112 Å². The van der Waals surface area contributed by atoms with Gasteiger partial charge in [0, 0.05) is 50.3 Å². The summed E-state index contributed by atoms with van der Waals surface area (Å²) < 4.78 is 0. The SMILES string of the molecule is C=CCCC(=O)N[C@H](C(=O)C[C@@H](CCCNC(N)=O)C(=O)O)C(C)C.CC(C)[C@H](NC(=O)CCCCSC[C@H](C)C(=O)O)C(=O)C[C@@H](CCCNC(N)=O)C(=O)O.C[C@@H](CS)C(=O)O. The maximum Gasteiger partial charge on any atom is 0.312 e. The van der Waals surface area contributed by atoms with Gasteiger partial charge in [-0.2, -0.15) is 24.4 Å². The molecule has 0 unspecified atom stereocenters. The number of amides is 6. The first-order valence-corrected chi connectivity index (χ1v) is 23.0. The van der Waals surface area contributed by atoms with E-state index in [2.05, 4.69) is 40.5 Å². The van der Waals surface area contributed by atoms with Gasteiger partial charge in [0.15, 0.2) is 11.6 Å². The van der Waals surface area contributed by atoms with Crippen molar-refractivity contribution in [1.82, 2.24) is 21.3 Å². The molecule has 0 heterocycles. The predicted octanol–water partition coefficient (Wildman–Crippen LogP) is 3.70.